The van der Waals surface area contributed by atoms with Crippen LogP contribution in [0.2, 0.25) is 0 Å². The molecule has 0 saturated heterocycles. The third-order valence-corrected chi connectivity index (χ3v) is 4.56. The molecule has 3 atom stereocenters. The summed E-state index contributed by atoms with van der Waals surface area (Å²) in [5.41, 5.74) is 6.86. The van der Waals surface area contributed by atoms with E-state index in [4.69, 9.17) is 5.73 Å². The van der Waals surface area contributed by atoms with E-state index in [0.717, 1.165) is 18.0 Å². The zero-order valence-electron chi connectivity index (χ0n) is 9.95. The van der Waals surface area contributed by atoms with Crippen LogP contribution in [0.1, 0.15) is 25.7 Å². The van der Waals surface area contributed by atoms with Crippen molar-refractivity contribution in [3.05, 3.63) is 30.1 Å². The predicted octanol–water partition coefficient (Wildman–Crippen LogP) is 2.76. The van der Waals surface area contributed by atoms with Gasteiger partial charge in [-0.15, -0.1) is 0 Å². The van der Waals surface area contributed by atoms with E-state index in [1.54, 1.807) is 12.1 Å². The number of halogens is 1. The van der Waals surface area contributed by atoms with Gasteiger partial charge in [-0.1, -0.05) is 6.07 Å². The zero-order chi connectivity index (χ0) is 11.9. The smallest absolute Gasteiger partial charge is 0.125 e. The lowest BCUT2D eigenvalue weighted by molar-refractivity contribution is 0.306. The molecule has 1 aromatic rings. The number of fused-ring (bicyclic) bond motifs is 2. The topological polar surface area (TPSA) is 38.0 Å². The molecular weight excluding hydrogens is 215 g/mol. The molecule has 3 rings (SSSR count). The second-order valence-corrected chi connectivity index (χ2v) is 5.58. The number of benzene rings is 1. The van der Waals surface area contributed by atoms with E-state index < -0.39 is 0 Å². The molecule has 2 aliphatic carbocycles. The highest BCUT2D eigenvalue weighted by Gasteiger charge is 2.50. The SMILES string of the molecule is NCC1(Nc2cccc(F)c2)CC2CCC1C2. The molecule has 2 saturated carbocycles. The minimum atomic E-state index is -0.190. The van der Waals surface area contributed by atoms with Crippen molar-refractivity contribution in [2.75, 3.05) is 11.9 Å². The number of nitrogens with two attached hydrogens (primary N) is 1. The van der Waals surface area contributed by atoms with Gasteiger partial charge in [0.05, 0.1) is 5.54 Å². The van der Waals surface area contributed by atoms with E-state index in [1.807, 2.05) is 6.07 Å². The molecule has 0 spiro atoms. The summed E-state index contributed by atoms with van der Waals surface area (Å²) in [6, 6.07) is 6.70. The Balaban J connectivity index is 1.83. The van der Waals surface area contributed by atoms with Crippen LogP contribution in [0, 0.1) is 17.7 Å². The second-order valence-electron chi connectivity index (χ2n) is 5.58. The van der Waals surface area contributed by atoms with Crippen molar-refractivity contribution in [3.8, 4) is 0 Å². The Hall–Kier alpha value is -1.09. The minimum Gasteiger partial charge on any atom is -0.378 e. The number of hydrogen-bond acceptors (Lipinski definition) is 2. The van der Waals surface area contributed by atoms with Crippen molar-refractivity contribution in [3.63, 3.8) is 0 Å². The van der Waals surface area contributed by atoms with E-state index in [0.29, 0.717) is 12.5 Å². The van der Waals surface area contributed by atoms with Crippen molar-refractivity contribution in [1.82, 2.24) is 0 Å². The summed E-state index contributed by atoms with van der Waals surface area (Å²) in [5.74, 6) is 1.30. The molecule has 3 heteroatoms. The van der Waals surface area contributed by atoms with E-state index in [2.05, 4.69) is 5.32 Å². The lowest BCUT2D eigenvalue weighted by Crippen LogP contribution is -2.49. The summed E-state index contributed by atoms with van der Waals surface area (Å²) >= 11 is 0. The third-order valence-electron chi connectivity index (χ3n) is 4.56. The van der Waals surface area contributed by atoms with Gasteiger partial charge in [0, 0.05) is 12.2 Å². The number of anilines is 1. The lowest BCUT2D eigenvalue weighted by Gasteiger charge is -2.38. The van der Waals surface area contributed by atoms with Gasteiger partial charge in [0.15, 0.2) is 0 Å². The van der Waals surface area contributed by atoms with Gasteiger partial charge in [-0.25, -0.2) is 4.39 Å². The molecule has 2 aliphatic rings. The van der Waals surface area contributed by atoms with Gasteiger partial charge in [0.25, 0.3) is 0 Å². The van der Waals surface area contributed by atoms with Crippen molar-refractivity contribution >= 4 is 5.69 Å². The monoisotopic (exact) mass is 234 g/mol. The highest BCUT2D eigenvalue weighted by atomic mass is 19.1. The van der Waals surface area contributed by atoms with E-state index in [-0.39, 0.29) is 11.4 Å². The van der Waals surface area contributed by atoms with E-state index in [9.17, 15) is 4.39 Å². The molecule has 2 fully saturated rings. The molecule has 0 amide bonds. The van der Waals surface area contributed by atoms with Gasteiger partial charge in [0.1, 0.15) is 5.82 Å². The molecule has 2 nitrogen and oxygen atoms in total. The summed E-state index contributed by atoms with van der Waals surface area (Å²) in [7, 11) is 0. The van der Waals surface area contributed by atoms with Gasteiger partial charge >= 0.3 is 0 Å². The first-order valence-corrected chi connectivity index (χ1v) is 6.46. The summed E-state index contributed by atoms with van der Waals surface area (Å²) in [5, 5.41) is 3.51. The summed E-state index contributed by atoms with van der Waals surface area (Å²) in [6.07, 6.45) is 5.05. The van der Waals surface area contributed by atoms with Crippen LogP contribution in [-0.2, 0) is 0 Å². The Labute approximate surface area is 101 Å². The van der Waals surface area contributed by atoms with Gasteiger partial charge < -0.3 is 11.1 Å². The van der Waals surface area contributed by atoms with Crippen LogP contribution in [0.4, 0.5) is 10.1 Å². The van der Waals surface area contributed by atoms with Crippen LogP contribution in [0.3, 0.4) is 0 Å². The molecule has 0 heterocycles. The first-order chi connectivity index (χ1) is 8.22. The highest BCUT2D eigenvalue weighted by molar-refractivity contribution is 5.47. The molecule has 0 aliphatic heterocycles. The lowest BCUT2D eigenvalue weighted by atomic mass is 9.80. The molecule has 0 radical (unpaired) electrons. The number of rotatable bonds is 3. The van der Waals surface area contributed by atoms with Crippen LogP contribution in [0.15, 0.2) is 24.3 Å². The summed E-state index contributed by atoms with van der Waals surface area (Å²) < 4.78 is 13.2. The van der Waals surface area contributed by atoms with Gasteiger partial charge in [0.2, 0.25) is 0 Å². The van der Waals surface area contributed by atoms with Crippen molar-refractivity contribution in [2.24, 2.45) is 17.6 Å². The molecule has 92 valence electrons. The van der Waals surface area contributed by atoms with Crippen LogP contribution >= 0.6 is 0 Å². The van der Waals surface area contributed by atoms with Crippen LogP contribution in [0.25, 0.3) is 0 Å². The predicted molar refractivity (Wildman–Crippen MR) is 67.3 cm³/mol. The summed E-state index contributed by atoms with van der Waals surface area (Å²) in [6.45, 7) is 0.644. The molecule has 17 heavy (non-hydrogen) atoms. The Kier molecular flexibility index (Phi) is 2.58. The highest BCUT2D eigenvalue weighted by Crippen LogP contribution is 2.51. The van der Waals surface area contributed by atoms with Crippen molar-refractivity contribution in [1.29, 1.82) is 0 Å². The molecule has 2 bridgehead atoms. The molecule has 1 aromatic carbocycles. The van der Waals surface area contributed by atoms with Gasteiger partial charge in [-0.05, 0) is 55.7 Å². The average Bonchev–Trinajstić information content (AvgIpc) is 2.89. The minimum absolute atomic E-state index is 0.0106. The fourth-order valence-corrected chi connectivity index (χ4v) is 3.75. The Morgan fingerprint density at radius 2 is 2.29 bits per heavy atom. The van der Waals surface area contributed by atoms with E-state index >= 15 is 0 Å². The van der Waals surface area contributed by atoms with Gasteiger partial charge in [-0.3, -0.25) is 0 Å². The van der Waals surface area contributed by atoms with Gasteiger partial charge in [-0.2, -0.15) is 0 Å². The maximum absolute atomic E-state index is 13.2. The van der Waals surface area contributed by atoms with Crippen LogP contribution in [0.5, 0.6) is 0 Å². The second kappa shape index (κ2) is 3.98. The summed E-state index contributed by atoms with van der Waals surface area (Å²) in [4.78, 5) is 0. The maximum atomic E-state index is 13.2. The Morgan fingerprint density at radius 1 is 1.41 bits per heavy atom. The zero-order valence-corrected chi connectivity index (χ0v) is 9.95. The Morgan fingerprint density at radius 3 is 2.88 bits per heavy atom. The number of nitrogens with one attached hydrogen (secondary N) is 1. The molecule has 3 N–H and O–H groups in total. The first-order valence-electron chi connectivity index (χ1n) is 6.46. The number of hydrogen-bond donors (Lipinski definition) is 2. The molecule has 0 aromatic heterocycles. The first kappa shape index (κ1) is 11.0. The molecule has 3 unspecified atom stereocenters. The Bertz CT molecular complexity index is 420. The standard InChI is InChI=1S/C14H19FN2/c15-12-2-1-3-13(7-12)17-14(9-16)8-10-4-5-11(14)6-10/h1-3,7,10-11,17H,4-6,8-9,16H2. The van der Waals surface area contributed by atoms with Crippen LogP contribution < -0.4 is 11.1 Å². The fourth-order valence-electron chi connectivity index (χ4n) is 3.75. The third kappa shape index (κ3) is 1.82. The maximum Gasteiger partial charge on any atom is 0.125 e. The largest absolute Gasteiger partial charge is 0.378 e. The van der Waals surface area contributed by atoms with Crippen LogP contribution in [-0.4, -0.2) is 12.1 Å². The normalized spacial score (nSPS) is 35.2. The van der Waals surface area contributed by atoms with E-state index in [1.165, 1.54) is 25.3 Å². The van der Waals surface area contributed by atoms with Crippen molar-refractivity contribution in [2.45, 2.75) is 31.2 Å². The van der Waals surface area contributed by atoms with Crippen molar-refractivity contribution < 1.29 is 4.39 Å². The quantitative estimate of drug-likeness (QED) is 0.844. The molecular formula is C14H19FN2. The average molecular weight is 234 g/mol. The fraction of sp³-hybridized carbons (Fsp3) is 0.571.